The molecule has 0 fully saturated rings. The van der Waals surface area contributed by atoms with E-state index in [-0.39, 0.29) is 0 Å². The Labute approximate surface area is 90.3 Å². The average molecular weight is 210 g/mol. The fourth-order valence-corrected chi connectivity index (χ4v) is 1.38. The summed E-state index contributed by atoms with van der Waals surface area (Å²) in [4.78, 5) is 7.92. The van der Waals surface area contributed by atoms with Crippen LogP contribution in [-0.2, 0) is 0 Å². The molecular weight excluding hydrogens is 192 g/mol. The number of rotatable bonds is 6. The summed E-state index contributed by atoms with van der Waals surface area (Å²) < 4.78 is 4.97. The predicted molar refractivity (Wildman–Crippen MR) is 57.7 cm³/mol. The third-order valence-corrected chi connectivity index (χ3v) is 2.29. The minimum Gasteiger partial charge on any atom is -0.481 e. The van der Waals surface area contributed by atoms with Crippen molar-refractivity contribution < 1.29 is 9.84 Å². The van der Waals surface area contributed by atoms with E-state index in [4.69, 9.17) is 4.74 Å². The van der Waals surface area contributed by atoms with E-state index in [0.717, 1.165) is 25.7 Å². The molecule has 0 aliphatic heterocycles. The Morgan fingerprint density at radius 1 is 1.40 bits per heavy atom. The van der Waals surface area contributed by atoms with Crippen LogP contribution in [0.1, 0.15) is 44.4 Å². The Morgan fingerprint density at radius 3 is 2.87 bits per heavy atom. The highest BCUT2D eigenvalue weighted by atomic mass is 16.5. The third kappa shape index (κ3) is 3.83. The number of unbranched alkanes of at least 4 members (excludes halogenated alkanes) is 2. The first kappa shape index (κ1) is 11.9. The summed E-state index contributed by atoms with van der Waals surface area (Å²) in [6, 6.07) is 1.68. The molecule has 1 aromatic rings. The van der Waals surface area contributed by atoms with Crippen molar-refractivity contribution in [2.45, 2.75) is 38.7 Å². The molecule has 1 unspecified atom stereocenters. The highest BCUT2D eigenvalue weighted by Crippen LogP contribution is 2.19. The molecule has 1 N–H and O–H groups in total. The lowest BCUT2D eigenvalue weighted by Gasteiger charge is -2.09. The Balaban J connectivity index is 2.52. The largest absolute Gasteiger partial charge is 0.481 e. The third-order valence-electron chi connectivity index (χ3n) is 2.29. The molecule has 0 aliphatic carbocycles. The van der Waals surface area contributed by atoms with Crippen LogP contribution in [0.3, 0.4) is 0 Å². The molecule has 0 spiro atoms. The van der Waals surface area contributed by atoms with Crippen LogP contribution in [-0.4, -0.2) is 22.2 Å². The Morgan fingerprint density at radius 2 is 2.20 bits per heavy atom. The van der Waals surface area contributed by atoms with Crippen molar-refractivity contribution in [1.82, 2.24) is 9.97 Å². The van der Waals surface area contributed by atoms with Gasteiger partial charge in [0.05, 0.1) is 18.9 Å². The van der Waals surface area contributed by atoms with Crippen molar-refractivity contribution in [3.8, 4) is 5.88 Å². The maximum atomic E-state index is 9.82. The highest BCUT2D eigenvalue weighted by Gasteiger charge is 2.09. The fraction of sp³-hybridized carbons (Fsp3) is 0.636. The average Bonchev–Trinajstić information content (AvgIpc) is 2.29. The number of aliphatic hydroxyl groups excluding tert-OH is 1. The van der Waals surface area contributed by atoms with Crippen molar-refractivity contribution in [3.63, 3.8) is 0 Å². The van der Waals surface area contributed by atoms with Crippen molar-refractivity contribution in [2.75, 3.05) is 7.11 Å². The maximum Gasteiger partial charge on any atom is 0.216 e. The number of hydrogen-bond donors (Lipinski definition) is 1. The molecule has 0 saturated heterocycles. The van der Waals surface area contributed by atoms with Crippen LogP contribution in [0.2, 0.25) is 0 Å². The van der Waals surface area contributed by atoms with E-state index in [2.05, 4.69) is 16.9 Å². The normalized spacial score (nSPS) is 12.5. The Bertz CT molecular complexity index is 292. The molecule has 0 aliphatic rings. The molecule has 4 heteroatoms. The Kier molecular flexibility index (Phi) is 5.04. The smallest absolute Gasteiger partial charge is 0.216 e. The van der Waals surface area contributed by atoms with E-state index in [9.17, 15) is 5.11 Å². The predicted octanol–water partition coefficient (Wildman–Crippen LogP) is 2.10. The van der Waals surface area contributed by atoms with Crippen molar-refractivity contribution >= 4 is 0 Å². The van der Waals surface area contributed by atoms with Crippen LogP contribution in [0.4, 0.5) is 0 Å². The van der Waals surface area contributed by atoms with Crippen LogP contribution in [0.15, 0.2) is 12.4 Å². The van der Waals surface area contributed by atoms with E-state index >= 15 is 0 Å². The SMILES string of the molecule is CCCCCC(O)c1cc(OC)ncn1. The highest BCUT2D eigenvalue weighted by molar-refractivity contribution is 5.15. The molecule has 0 aromatic carbocycles. The van der Waals surface area contributed by atoms with Crippen LogP contribution in [0.25, 0.3) is 0 Å². The van der Waals surface area contributed by atoms with Crippen molar-refractivity contribution in [1.29, 1.82) is 0 Å². The lowest BCUT2D eigenvalue weighted by molar-refractivity contribution is 0.158. The lowest BCUT2D eigenvalue weighted by atomic mass is 10.1. The maximum absolute atomic E-state index is 9.82. The standard InChI is InChI=1S/C11H18N2O2/c1-3-4-5-6-10(14)9-7-11(15-2)13-8-12-9/h7-8,10,14H,3-6H2,1-2H3. The lowest BCUT2D eigenvalue weighted by Crippen LogP contribution is -2.02. The van der Waals surface area contributed by atoms with Crippen molar-refractivity contribution in [2.24, 2.45) is 0 Å². The fourth-order valence-electron chi connectivity index (χ4n) is 1.38. The van der Waals surface area contributed by atoms with Crippen LogP contribution in [0.5, 0.6) is 5.88 Å². The van der Waals surface area contributed by atoms with E-state index in [1.807, 2.05) is 0 Å². The molecule has 1 rings (SSSR count). The molecular formula is C11H18N2O2. The number of hydrogen-bond acceptors (Lipinski definition) is 4. The van der Waals surface area contributed by atoms with Gasteiger partial charge in [0.15, 0.2) is 0 Å². The summed E-state index contributed by atoms with van der Waals surface area (Å²) in [5.74, 6) is 0.495. The second-order valence-corrected chi connectivity index (χ2v) is 3.50. The van der Waals surface area contributed by atoms with Gasteiger partial charge in [0.1, 0.15) is 6.33 Å². The second kappa shape index (κ2) is 6.35. The van der Waals surface area contributed by atoms with Crippen LogP contribution >= 0.6 is 0 Å². The van der Waals surface area contributed by atoms with Gasteiger partial charge in [-0.2, -0.15) is 0 Å². The van der Waals surface area contributed by atoms with Gasteiger partial charge in [0, 0.05) is 6.07 Å². The molecule has 0 radical (unpaired) electrons. The molecule has 0 saturated carbocycles. The quantitative estimate of drug-likeness (QED) is 0.730. The van der Waals surface area contributed by atoms with Gasteiger partial charge in [-0.05, 0) is 6.42 Å². The number of methoxy groups -OCH3 is 1. The number of aromatic nitrogens is 2. The number of nitrogens with zero attached hydrogens (tertiary/aromatic N) is 2. The topological polar surface area (TPSA) is 55.2 Å². The van der Waals surface area contributed by atoms with Gasteiger partial charge in [-0.3, -0.25) is 0 Å². The van der Waals surface area contributed by atoms with Crippen molar-refractivity contribution in [3.05, 3.63) is 18.1 Å². The minimum atomic E-state index is -0.506. The first-order chi connectivity index (χ1) is 7.27. The van der Waals surface area contributed by atoms with Gasteiger partial charge in [-0.15, -0.1) is 0 Å². The van der Waals surface area contributed by atoms with E-state index in [1.54, 1.807) is 13.2 Å². The summed E-state index contributed by atoms with van der Waals surface area (Å²) in [7, 11) is 1.55. The molecule has 84 valence electrons. The monoisotopic (exact) mass is 210 g/mol. The van der Waals surface area contributed by atoms with Gasteiger partial charge in [-0.25, -0.2) is 9.97 Å². The minimum absolute atomic E-state index is 0.495. The molecule has 15 heavy (non-hydrogen) atoms. The number of ether oxygens (including phenoxy) is 1. The zero-order valence-electron chi connectivity index (χ0n) is 9.31. The summed E-state index contributed by atoms with van der Waals surface area (Å²) in [6.07, 6.45) is 4.96. The van der Waals surface area contributed by atoms with Gasteiger partial charge in [0.25, 0.3) is 0 Å². The number of aliphatic hydroxyl groups is 1. The summed E-state index contributed by atoms with van der Waals surface area (Å²) in [5, 5.41) is 9.82. The molecule has 0 bridgehead atoms. The molecule has 1 heterocycles. The molecule has 1 aromatic heterocycles. The van der Waals surface area contributed by atoms with Crippen LogP contribution in [0, 0.1) is 0 Å². The first-order valence-corrected chi connectivity index (χ1v) is 5.32. The summed E-state index contributed by atoms with van der Waals surface area (Å²) in [5.41, 5.74) is 0.637. The van der Waals surface area contributed by atoms with Crippen LogP contribution < -0.4 is 4.74 Å². The first-order valence-electron chi connectivity index (χ1n) is 5.32. The van der Waals surface area contributed by atoms with E-state index in [1.165, 1.54) is 6.33 Å². The molecule has 1 atom stereocenters. The molecule has 0 amide bonds. The second-order valence-electron chi connectivity index (χ2n) is 3.50. The zero-order chi connectivity index (χ0) is 11.1. The summed E-state index contributed by atoms with van der Waals surface area (Å²) in [6.45, 7) is 2.14. The summed E-state index contributed by atoms with van der Waals surface area (Å²) >= 11 is 0. The van der Waals surface area contributed by atoms with E-state index in [0.29, 0.717) is 11.6 Å². The molecule has 4 nitrogen and oxygen atoms in total. The van der Waals surface area contributed by atoms with Gasteiger partial charge >= 0.3 is 0 Å². The zero-order valence-corrected chi connectivity index (χ0v) is 9.31. The van der Waals surface area contributed by atoms with Gasteiger partial charge in [-0.1, -0.05) is 26.2 Å². The Hall–Kier alpha value is -1.16. The van der Waals surface area contributed by atoms with Gasteiger partial charge in [0.2, 0.25) is 5.88 Å². The van der Waals surface area contributed by atoms with Gasteiger partial charge < -0.3 is 9.84 Å². The van der Waals surface area contributed by atoms with E-state index < -0.39 is 6.10 Å².